The van der Waals surface area contributed by atoms with Gasteiger partial charge in [-0.2, -0.15) is 0 Å². The molecule has 1 aromatic heterocycles. The molecule has 1 unspecified atom stereocenters. The van der Waals surface area contributed by atoms with E-state index in [9.17, 15) is 14.7 Å². The normalized spacial score (nSPS) is 25.6. The Balaban J connectivity index is 1.68. The number of ether oxygens (including phenoxy) is 1. The quantitative estimate of drug-likeness (QED) is 0.786. The monoisotopic (exact) mass is 383 g/mol. The largest absolute Gasteiger partial charge is 0.477 e. The zero-order chi connectivity index (χ0) is 19.8. The van der Waals surface area contributed by atoms with E-state index in [1.807, 2.05) is 17.6 Å². The van der Waals surface area contributed by atoms with Crippen molar-refractivity contribution in [1.29, 1.82) is 0 Å². The highest BCUT2D eigenvalue weighted by Gasteiger charge is 2.63. The third-order valence-electron chi connectivity index (χ3n) is 6.96. The summed E-state index contributed by atoms with van der Waals surface area (Å²) >= 11 is 0. The summed E-state index contributed by atoms with van der Waals surface area (Å²) in [5.74, 6) is -1.17. The van der Waals surface area contributed by atoms with Crippen molar-refractivity contribution in [2.24, 2.45) is 11.1 Å². The Bertz CT molecular complexity index is 1070. The number of aromatic nitrogens is 1. The molecule has 1 aromatic carbocycles. The van der Waals surface area contributed by atoms with E-state index in [1.54, 1.807) is 13.2 Å². The van der Waals surface area contributed by atoms with Gasteiger partial charge in [0.05, 0.1) is 12.1 Å². The van der Waals surface area contributed by atoms with E-state index < -0.39 is 17.1 Å². The molecule has 1 aliphatic heterocycles. The van der Waals surface area contributed by atoms with Crippen molar-refractivity contribution in [1.82, 2.24) is 4.57 Å². The maximum absolute atomic E-state index is 12.8. The minimum atomic E-state index is -1.17. The van der Waals surface area contributed by atoms with Gasteiger partial charge in [-0.3, -0.25) is 4.79 Å². The smallest absolute Gasteiger partial charge is 0.341 e. The number of carboxylic acid groups (broad SMARTS) is 1. The molecule has 0 bridgehead atoms. The van der Waals surface area contributed by atoms with E-state index in [0.29, 0.717) is 11.9 Å². The second kappa shape index (κ2) is 5.58. The Morgan fingerprint density at radius 3 is 2.54 bits per heavy atom. The molecule has 1 atom stereocenters. The lowest BCUT2D eigenvalue weighted by Crippen LogP contribution is -2.50. The number of hydrogen-bond donors (Lipinski definition) is 2. The van der Waals surface area contributed by atoms with Crippen molar-refractivity contribution < 1.29 is 14.6 Å². The van der Waals surface area contributed by atoms with Crippen molar-refractivity contribution in [2.75, 3.05) is 25.1 Å². The number of nitrogens with zero attached hydrogens (tertiary/aromatic N) is 2. The summed E-state index contributed by atoms with van der Waals surface area (Å²) in [7, 11) is 1.68. The van der Waals surface area contributed by atoms with Crippen LogP contribution in [0.15, 0.2) is 23.1 Å². The van der Waals surface area contributed by atoms with Crippen molar-refractivity contribution in [3.63, 3.8) is 0 Å². The van der Waals surface area contributed by atoms with Crippen LogP contribution in [-0.4, -0.2) is 41.6 Å². The molecule has 1 saturated heterocycles. The van der Waals surface area contributed by atoms with E-state index in [-0.39, 0.29) is 17.0 Å². The topological polar surface area (TPSA) is 97.8 Å². The summed E-state index contributed by atoms with van der Waals surface area (Å²) in [5.41, 5.74) is 8.22. The fourth-order valence-corrected chi connectivity index (χ4v) is 4.94. The number of rotatable bonds is 4. The number of pyridine rings is 1. The number of fused-ring (bicyclic) bond motifs is 1. The zero-order valence-electron chi connectivity index (χ0n) is 16.2. The van der Waals surface area contributed by atoms with E-state index in [0.717, 1.165) is 49.0 Å². The maximum atomic E-state index is 12.8. The van der Waals surface area contributed by atoms with Gasteiger partial charge in [-0.15, -0.1) is 0 Å². The number of aryl methyl sites for hydroxylation is 1. The van der Waals surface area contributed by atoms with Crippen molar-refractivity contribution >= 4 is 22.6 Å². The van der Waals surface area contributed by atoms with Gasteiger partial charge < -0.3 is 25.0 Å². The van der Waals surface area contributed by atoms with E-state index in [1.165, 1.54) is 6.20 Å². The highest BCUT2D eigenvalue weighted by Crippen LogP contribution is 2.58. The van der Waals surface area contributed by atoms with Crippen LogP contribution in [0.2, 0.25) is 0 Å². The average molecular weight is 383 g/mol. The molecule has 3 N–H and O–H groups in total. The van der Waals surface area contributed by atoms with Crippen molar-refractivity contribution in [3.05, 3.63) is 39.7 Å². The highest BCUT2D eigenvalue weighted by molar-refractivity contribution is 5.95. The van der Waals surface area contributed by atoms with Gasteiger partial charge in [-0.05, 0) is 50.3 Å². The van der Waals surface area contributed by atoms with E-state index >= 15 is 0 Å². The Morgan fingerprint density at radius 2 is 2.00 bits per heavy atom. The van der Waals surface area contributed by atoms with Gasteiger partial charge in [-0.1, -0.05) is 0 Å². The number of carboxylic acids is 1. The molecule has 3 fully saturated rings. The predicted octanol–water partition coefficient (Wildman–Crippen LogP) is 2.24. The Kier molecular flexibility index (Phi) is 3.53. The molecule has 7 nitrogen and oxygen atoms in total. The second-order valence-electron chi connectivity index (χ2n) is 8.65. The number of hydrogen-bond acceptors (Lipinski definition) is 5. The Hall–Kier alpha value is -2.38. The molecular formula is C21H25N3O4. The number of anilines is 1. The minimum Gasteiger partial charge on any atom is -0.477 e. The zero-order valence-corrected chi connectivity index (χ0v) is 16.2. The lowest BCUT2D eigenvalue weighted by atomic mass is 9.97. The van der Waals surface area contributed by atoms with Crippen LogP contribution in [0.3, 0.4) is 0 Å². The van der Waals surface area contributed by atoms with E-state index in [2.05, 4.69) is 4.90 Å². The SMILES string of the molecule is COC1(N)CN(c2ccc3c(=O)c(C(=O)O)cn(C4CC4)c3c2C)CC12CC2. The molecule has 2 saturated carbocycles. The van der Waals surface area contributed by atoms with Crippen LogP contribution in [0.4, 0.5) is 5.69 Å². The van der Waals surface area contributed by atoms with Crippen LogP contribution in [-0.2, 0) is 4.74 Å². The third kappa shape index (κ3) is 2.29. The molecule has 7 heteroatoms. The lowest BCUT2D eigenvalue weighted by molar-refractivity contribution is -0.0334. The number of carbonyl (C=O) groups is 1. The molecule has 2 aromatic rings. The Labute approximate surface area is 162 Å². The molecular weight excluding hydrogens is 358 g/mol. The molecule has 0 amide bonds. The van der Waals surface area contributed by atoms with Crippen molar-refractivity contribution in [3.8, 4) is 0 Å². The van der Waals surface area contributed by atoms with Crippen molar-refractivity contribution in [2.45, 2.75) is 44.4 Å². The van der Waals surface area contributed by atoms with Gasteiger partial charge in [0.15, 0.2) is 0 Å². The number of nitrogens with two attached hydrogens (primary N) is 1. The van der Waals surface area contributed by atoms with Crippen LogP contribution >= 0.6 is 0 Å². The minimum absolute atomic E-state index is 0.00642. The molecule has 3 aliphatic rings. The summed E-state index contributed by atoms with van der Waals surface area (Å²) in [4.78, 5) is 26.6. The summed E-state index contributed by atoms with van der Waals surface area (Å²) in [6.07, 6.45) is 5.66. The molecule has 28 heavy (non-hydrogen) atoms. The average Bonchev–Trinajstić information content (AvgIpc) is 3.56. The van der Waals surface area contributed by atoms with Crippen LogP contribution < -0.4 is 16.1 Å². The molecule has 2 aliphatic carbocycles. The fourth-order valence-electron chi connectivity index (χ4n) is 4.94. The van der Waals surface area contributed by atoms with Gasteiger partial charge in [-0.25, -0.2) is 4.79 Å². The van der Waals surface area contributed by atoms with Gasteiger partial charge in [0.25, 0.3) is 0 Å². The number of benzene rings is 1. The molecule has 0 radical (unpaired) electrons. The van der Waals surface area contributed by atoms with Gasteiger partial charge in [0.1, 0.15) is 11.3 Å². The summed E-state index contributed by atoms with van der Waals surface area (Å²) < 4.78 is 7.70. The van der Waals surface area contributed by atoms with Crippen LogP contribution in [0, 0.1) is 12.3 Å². The maximum Gasteiger partial charge on any atom is 0.341 e. The van der Waals surface area contributed by atoms with Gasteiger partial charge in [0.2, 0.25) is 5.43 Å². The first-order valence-electron chi connectivity index (χ1n) is 9.81. The van der Waals surface area contributed by atoms with Gasteiger partial charge in [0, 0.05) is 42.4 Å². The van der Waals surface area contributed by atoms with E-state index in [4.69, 9.17) is 10.5 Å². The number of methoxy groups -OCH3 is 1. The summed E-state index contributed by atoms with van der Waals surface area (Å²) in [5, 5.41) is 9.92. The second-order valence-corrected chi connectivity index (χ2v) is 8.65. The molecule has 2 heterocycles. The van der Waals surface area contributed by atoms with Crippen LogP contribution in [0.5, 0.6) is 0 Å². The highest BCUT2D eigenvalue weighted by atomic mass is 16.5. The number of aromatic carboxylic acids is 1. The molecule has 5 rings (SSSR count). The first kappa shape index (κ1) is 17.7. The molecule has 1 spiro atoms. The summed E-state index contributed by atoms with van der Waals surface area (Å²) in [6.45, 7) is 3.46. The fraction of sp³-hybridized carbons (Fsp3) is 0.524. The third-order valence-corrected chi connectivity index (χ3v) is 6.96. The standard InChI is InChI=1S/C21H25N3O4/c1-12-16(23-10-20(7-8-20)21(22,11-23)28-2)6-5-14-17(12)24(13-3-4-13)9-15(18(14)25)19(26)27/h5-6,9,13H,3-4,7-8,10-11,22H2,1-2H3,(H,26,27). The molecule has 148 valence electrons. The first-order chi connectivity index (χ1) is 13.3. The lowest BCUT2D eigenvalue weighted by Gasteiger charge is -2.28. The predicted molar refractivity (Wildman–Crippen MR) is 106 cm³/mol. The van der Waals surface area contributed by atoms with Gasteiger partial charge >= 0.3 is 5.97 Å². The van der Waals surface area contributed by atoms with Crippen LogP contribution in [0.25, 0.3) is 10.9 Å². The summed E-state index contributed by atoms with van der Waals surface area (Å²) in [6, 6.07) is 3.96. The Morgan fingerprint density at radius 1 is 1.29 bits per heavy atom. The first-order valence-corrected chi connectivity index (χ1v) is 9.81. The van der Waals surface area contributed by atoms with Crippen LogP contribution in [0.1, 0.15) is 47.6 Å².